The van der Waals surface area contributed by atoms with Crippen LogP contribution in [0.5, 0.6) is 0 Å². The lowest BCUT2D eigenvalue weighted by Gasteiger charge is -2.34. The zero-order valence-corrected chi connectivity index (χ0v) is 28.3. The molecule has 0 saturated carbocycles. The second-order valence-electron chi connectivity index (χ2n) is 10.5. The smallest absolute Gasteiger partial charge is 0.264 e. The Labute approximate surface area is 278 Å². The molecule has 0 spiro atoms. The highest BCUT2D eigenvalue weighted by Crippen LogP contribution is 2.26. The first-order valence-corrected chi connectivity index (χ1v) is 17.2. The number of carbonyl (C=O) groups excluding carboxylic acids is 2. The van der Waals surface area contributed by atoms with Crippen LogP contribution in [0.2, 0.25) is 5.02 Å². The molecule has 0 heterocycles. The molecule has 0 bridgehead atoms. The van der Waals surface area contributed by atoms with Gasteiger partial charge in [0.15, 0.2) is 0 Å². The number of amides is 2. The maximum atomic E-state index is 14.5. The SMILES string of the molecule is CC[C@H](C)NC(=O)[C@H](Cc1ccccc1)N(Cc1cccc(Cl)c1)C(=O)CN(c1ccc(I)cc1)S(=O)(=O)c1ccccc1. The average Bonchev–Trinajstić information content (AvgIpc) is 3.02. The van der Waals surface area contributed by atoms with Gasteiger partial charge >= 0.3 is 0 Å². The van der Waals surface area contributed by atoms with Crippen molar-refractivity contribution in [3.05, 3.63) is 129 Å². The molecule has 2 amide bonds. The highest BCUT2D eigenvalue weighted by atomic mass is 127. The Bertz CT molecular complexity index is 1660. The maximum absolute atomic E-state index is 14.5. The van der Waals surface area contributed by atoms with Crippen LogP contribution >= 0.6 is 34.2 Å². The lowest BCUT2D eigenvalue weighted by Crippen LogP contribution is -2.54. The average molecular weight is 744 g/mol. The number of nitrogens with zero attached hydrogens (tertiary/aromatic N) is 2. The lowest BCUT2D eigenvalue weighted by atomic mass is 10.0. The van der Waals surface area contributed by atoms with Crippen LogP contribution in [0, 0.1) is 3.57 Å². The Kier molecular flexibility index (Phi) is 11.8. The molecule has 230 valence electrons. The van der Waals surface area contributed by atoms with Crippen molar-refractivity contribution in [3.63, 3.8) is 0 Å². The van der Waals surface area contributed by atoms with Gasteiger partial charge in [-0.1, -0.05) is 79.2 Å². The first kappa shape index (κ1) is 33.5. The van der Waals surface area contributed by atoms with Crippen molar-refractivity contribution in [2.75, 3.05) is 10.8 Å². The van der Waals surface area contributed by atoms with E-state index in [1.165, 1.54) is 17.0 Å². The van der Waals surface area contributed by atoms with Crippen molar-refractivity contribution < 1.29 is 18.0 Å². The summed E-state index contributed by atoms with van der Waals surface area (Å²) in [4.78, 5) is 29.9. The first-order valence-electron chi connectivity index (χ1n) is 14.3. The van der Waals surface area contributed by atoms with E-state index in [0.29, 0.717) is 22.7 Å². The molecule has 1 N–H and O–H groups in total. The standard InChI is InChI=1S/C34H35ClIN3O4S/c1-3-25(2)37-34(41)32(22-26-11-6-4-7-12-26)38(23-27-13-10-14-28(35)21-27)33(40)24-39(30-19-17-29(36)18-20-30)44(42,43)31-15-8-5-9-16-31/h4-21,25,32H,3,22-24H2,1-2H3,(H,37,41)/t25-,32-/m0/s1. The number of hydrogen-bond acceptors (Lipinski definition) is 4. The molecule has 2 atom stereocenters. The van der Waals surface area contributed by atoms with E-state index in [-0.39, 0.29) is 29.8 Å². The van der Waals surface area contributed by atoms with Gasteiger partial charge in [-0.15, -0.1) is 0 Å². The minimum Gasteiger partial charge on any atom is -0.352 e. The van der Waals surface area contributed by atoms with Crippen molar-refractivity contribution in [2.24, 2.45) is 0 Å². The Morgan fingerprint density at radius 2 is 1.48 bits per heavy atom. The summed E-state index contributed by atoms with van der Waals surface area (Å²) >= 11 is 8.45. The van der Waals surface area contributed by atoms with Gasteiger partial charge in [0.25, 0.3) is 10.0 Å². The van der Waals surface area contributed by atoms with Crippen LogP contribution in [-0.4, -0.2) is 43.8 Å². The largest absolute Gasteiger partial charge is 0.352 e. The van der Waals surface area contributed by atoms with E-state index in [2.05, 4.69) is 27.9 Å². The molecule has 0 aliphatic heterocycles. The first-order chi connectivity index (χ1) is 21.1. The Morgan fingerprint density at radius 3 is 2.09 bits per heavy atom. The zero-order valence-electron chi connectivity index (χ0n) is 24.6. The Morgan fingerprint density at radius 1 is 0.864 bits per heavy atom. The van der Waals surface area contributed by atoms with E-state index < -0.39 is 28.5 Å². The van der Waals surface area contributed by atoms with E-state index in [4.69, 9.17) is 11.6 Å². The topological polar surface area (TPSA) is 86.8 Å². The summed E-state index contributed by atoms with van der Waals surface area (Å²) in [5, 5.41) is 3.53. The van der Waals surface area contributed by atoms with Crippen molar-refractivity contribution in [1.82, 2.24) is 10.2 Å². The molecule has 0 aromatic heterocycles. The predicted octanol–water partition coefficient (Wildman–Crippen LogP) is 6.69. The van der Waals surface area contributed by atoms with Gasteiger partial charge in [-0.05, 0) is 95.6 Å². The van der Waals surface area contributed by atoms with Gasteiger partial charge in [-0.3, -0.25) is 13.9 Å². The molecule has 0 aliphatic rings. The molecular weight excluding hydrogens is 709 g/mol. The molecule has 44 heavy (non-hydrogen) atoms. The number of nitrogens with one attached hydrogen (secondary N) is 1. The summed E-state index contributed by atoms with van der Waals surface area (Å²) in [6.45, 7) is 3.42. The predicted molar refractivity (Wildman–Crippen MR) is 184 cm³/mol. The normalized spacial score (nSPS) is 12.6. The minimum atomic E-state index is -4.14. The molecule has 7 nitrogen and oxygen atoms in total. The van der Waals surface area contributed by atoms with Gasteiger partial charge in [0.1, 0.15) is 12.6 Å². The molecule has 4 rings (SSSR count). The number of halogens is 2. The summed E-state index contributed by atoms with van der Waals surface area (Å²) in [5.41, 5.74) is 1.92. The van der Waals surface area contributed by atoms with Crippen molar-refractivity contribution in [3.8, 4) is 0 Å². The van der Waals surface area contributed by atoms with Gasteiger partial charge in [0.05, 0.1) is 10.6 Å². The molecule has 0 aliphatic carbocycles. The number of carbonyl (C=O) groups is 2. The third kappa shape index (κ3) is 8.83. The minimum absolute atomic E-state index is 0.0523. The van der Waals surface area contributed by atoms with Crippen molar-refractivity contribution in [2.45, 2.75) is 50.2 Å². The van der Waals surface area contributed by atoms with Crippen LogP contribution in [0.15, 0.2) is 114 Å². The van der Waals surface area contributed by atoms with E-state index >= 15 is 0 Å². The van der Waals surface area contributed by atoms with Gasteiger partial charge in [-0.2, -0.15) is 0 Å². The highest BCUT2D eigenvalue weighted by Gasteiger charge is 2.35. The zero-order chi connectivity index (χ0) is 31.7. The Balaban J connectivity index is 1.80. The molecule has 4 aromatic rings. The van der Waals surface area contributed by atoms with Crippen LogP contribution in [0.3, 0.4) is 0 Å². The molecule has 4 aromatic carbocycles. The summed E-state index contributed by atoms with van der Waals surface area (Å²) in [5.74, 6) is -0.839. The second kappa shape index (κ2) is 15.5. The molecular formula is C34H35ClIN3O4S. The van der Waals surface area contributed by atoms with E-state index in [9.17, 15) is 18.0 Å². The Hall–Kier alpha value is -3.41. The summed E-state index contributed by atoms with van der Waals surface area (Å²) < 4.78 is 30.1. The monoisotopic (exact) mass is 743 g/mol. The molecule has 0 saturated heterocycles. The summed E-state index contributed by atoms with van der Waals surface area (Å²) in [6, 6.07) is 30.5. The summed E-state index contributed by atoms with van der Waals surface area (Å²) in [6.07, 6.45) is 0.951. The maximum Gasteiger partial charge on any atom is 0.264 e. The van der Waals surface area contributed by atoms with Crippen molar-refractivity contribution >= 4 is 61.7 Å². The number of hydrogen-bond donors (Lipinski definition) is 1. The molecule has 0 fully saturated rings. The third-order valence-electron chi connectivity index (χ3n) is 7.24. The van der Waals surface area contributed by atoms with Gasteiger partial charge in [0, 0.05) is 27.6 Å². The number of benzene rings is 4. The van der Waals surface area contributed by atoms with Crippen molar-refractivity contribution in [1.29, 1.82) is 0 Å². The second-order valence-corrected chi connectivity index (χ2v) is 14.0. The quantitative estimate of drug-likeness (QED) is 0.155. The number of rotatable bonds is 13. The molecule has 0 unspecified atom stereocenters. The van der Waals surface area contributed by atoms with Crippen LogP contribution in [0.1, 0.15) is 31.4 Å². The van der Waals surface area contributed by atoms with E-state index in [1.807, 2.05) is 50.2 Å². The van der Waals surface area contributed by atoms with Crippen LogP contribution in [0.25, 0.3) is 0 Å². The molecule has 10 heteroatoms. The van der Waals surface area contributed by atoms with Gasteiger partial charge < -0.3 is 10.2 Å². The van der Waals surface area contributed by atoms with Crippen LogP contribution in [-0.2, 0) is 32.6 Å². The van der Waals surface area contributed by atoms with E-state index in [1.54, 1.807) is 60.7 Å². The summed E-state index contributed by atoms with van der Waals surface area (Å²) in [7, 11) is -4.14. The fourth-order valence-corrected chi connectivity index (χ4v) is 6.69. The third-order valence-corrected chi connectivity index (χ3v) is 9.98. The highest BCUT2D eigenvalue weighted by molar-refractivity contribution is 14.1. The van der Waals surface area contributed by atoms with Crippen LogP contribution < -0.4 is 9.62 Å². The van der Waals surface area contributed by atoms with Gasteiger partial charge in [0.2, 0.25) is 11.8 Å². The van der Waals surface area contributed by atoms with Crippen LogP contribution in [0.4, 0.5) is 5.69 Å². The lowest BCUT2D eigenvalue weighted by molar-refractivity contribution is -0.140. The number of sulfonamides is 1. The molecule has 0 radical (unpaired) electrons. The number of anilines is 1. The van der Waals surface area contributed by atoms with Gasteiger partial charge in [-0.25, -0.2) is 8.42 Å². The fourth-order valence-electron chi connectivity index (χ4n) is 4.68. The fraction of sp³-hybridized carbons (Fsp3) is 0.235. The van der Waals surface area contributed by atoms with E-state index in [0.717, 1.165) is 13.4 Å².